The molecule has 0 aliphatic carbocycles. The van der Waals surface area contributed by atoms with E-state index in [9.17, 15) is 4.79 Å². The molecule has 0 aliphatic rings. The van der Waals surface area contributed by atoms with Gasteiger partial charge in [-0.05, 0) is 30.8 Å². The second-order valence-corrected chi connectivity index (χ2v) is 4.79. The van der Waals surface area contributed by atoms with Crippen LogP contribution >= 0.6 is 23.4 Å². The summed E-state index contributed by atoms with van der Waals surface area (Å²) in [6.45, 7) is 3.22. The number of halogens is 1. The van der Waals surface area contributed by atoms with E-state index in [1.165, 1.54) is 18.7 Å². The summed E-state index contributed by atoms with van der Waals surface area (Å²) in [6, 6.07) is 5.12. The van der Waals surface area contributed by atoms with E-state index in [2.05, 4.69) is 10.2 Å². The summed E-state index contributed by atoms with van der Waals surface area (Å²) in [7, 11) is 0. The van der Waals surface area contributed by atoms with Crippen LogP contribution in [0.25, 0.3) is 0 Å². The van der Waals surface area contributed by atoms with E-state index < -0.39 is 0 Å². The number of hydrogen-bond donors (Lipinski definition) is 0. The van der Waals surface area contributed by atoms with Crippen molar-refractivity contribution in [2.24, 2.45) is 0 Å². The first-order valence-electron chi connectivity index (χ1n) is 4.84. The number of carbonyl (C=O) groups is 1. The molecule has 0 fully saturated rings. The molecule has 0 spiro atoms. The number of aromatic nitrogens is 2. The van der Waals surface area contributed by atoms with Gasteiger partial charge in [0.15, 0.2) is 5.78 Å². The Morgan fingerprint density at radius 3 is 2.71 bits per heavy atom. The highest BCUT2D eigenvalue weighted by atomic mass is 35.5. The van der Waals surface area contributed by atoms with Crippen LogP contribution in [0.4, 0.5) is 0 Å². The Hall–Kier alpha value is -1.33. The molecule has 2 aromatic rings. The Labute approximate surface area is 107 Å². The maximum Gasteiger partial charge on any atom is 0.281 e. The zero-order chi connectivity index (χ0) is 12.4. The first-order valence-corrected chi connectivity index (χ1v) is 6.04. The van der Waals surface area contributed by atoms with Crippen LogP contribution in [0.1, 0.15) is 23.2 Å². The third kappa shape index (κ3) is 2.87. The van der Waals surface area contributed by atoms with E-state index in [0.29, 0.717) is 21.7 Å². The standard InChI is InChI=1S/C11H9ClN2O2S/c1-6(15)8-3-4-10(9(12)5-8)17-11-14-13-7(2)16-11/h3-5H,1-2H3. The average molecular weight is 269 g/mol. The zero-order valence-electron chi connectivity index (χ0n) is 9.23. The molecular weight excluding hydrogens is 260 g/mol. The van der Waals surface area contributed by atoms with Gasteiger partial charge in [-0.1, -0.05) is 17.7 Å². The summed E-state index contributed by atoms with van der Waals surface area (Å²) in [5, 5.41) is 8.51. The van der Waals surface area contributed by atoms with Crippen molar-refractivity contribution in [2.75, 3.05) is 0 Å². The van der Waals surface area contributed by atoms with Crippen molar-refractivity contribution >= 4 is 29.1 Å². The minimum Gasteiger partial charge on any atom is -0.416 e. The Kier molecular flexibility index (Phi) is 3.49. The fraction of sp³-hybridized carbons (Fsp3) is 0.182. The number of ketones is 1. The summed E-state index contributed by atoms with van der Waals surface area (Å²) in [4.78, 5) is 11.9. The first-order chi connectivity index (χ1) is 8.06. The highest BCUT2D eigenvalue weighted by molar-refractivity contribution is 7.99. The molecule has 17 heavy (non-hydrogen) atoms. The van der Waals surface area contributed by atoms with Gasteiger partial charge in [0.1, 0.15) is 0 Å². The highest BCUT2D eigenvalue weighted by Crippen LogP contribution is 2.33. The van der Waals surface area contributed by atoms with Crippen LogP contribution in [-0.4, -0.2) is 16.0 Å². The summed E-state index contributed by atoms with van der Waals surface area (Å²) in [5.74, 6) is 0.487. The number of rotatable bonds is 3. The van der Waals surface area contributed by atoms with Crippen molar-refractivity contribution in [3.63, 3.8) is 0 Å². The van der Waals surface area contributed by atoms with Gasteiger partial charge in [-0.15, -0.1) is 10.2 Å². The van der Waals surface area contributed by atoms with Crippen molar-refractivity contribution in [3.05, 3.63) is 34.7 Å². The highest BCUT2D eigenvalue weighted by Gasteiger charge is 2.10. The van der Waals surface area contributed by atoms with Gasteiger partial charge >= 0.3 is 0 Å². The van der Waals surface area contributed by atoms with Crippen molar-refractivity contribution in [3.8, 4) is 0 Å². The van der Waals surface area contributed by atoms with Crippen LogP contribution in [0.15, 0.2) is 32.7 Å². The van der Waals surface area contributed by atoms with E-state index in [4.69, 9.17) is 16.0 Å². The molecular formula is C11H9ClN2O2S. The summed E-state index contributed by atoms with van der Waals surface area (Å²) in [5.41, 5.74) is 0.584. The van der Waals surface area contributed by atoms with Gasteiger partial charge in [0.2, 0.25) is 5.89 Å². The molecule has 1 aromatic heterocycles. The normalized spacial score (nSPS) is 10.5. The molecule has 0 atom stereocenters. The zero-order valence-corrected chi connectivity index (χ0v) is 10.8. The van der Waals surface area contributed by atoms with E-state index in [0.717, 1.165) is 4.90 Å². The number of hydrogen-bond acceptors (Lipinski definition) is 5. The molecule has 0 saturated heterocycles. The monoisotopic (exact) mass is 268 g/mol. The van der Waals surface area contributed by atoms with Gasteiger partial charge in [-0.3, -0.25) is 4.79 Å². The predicted octanol–water partition coefficient (Wildman–Crippen LogP) is 3.39. The smallest absolute Gasteiger partial charge is 0.281 e. The fourth-order valence-electron chi connectivity index (χ4n) is 1.22. The lowest BCUT2D eigenvalue weighted by atomic mass is 10.1. The Bertz CT molecular complexity index is 568. The SMILES string of the molecule is CC(=O)c1ccc(Sc2nnc(C)o2)c(Cl)c1. The predicted molar refractivity (Wildman–Crippen MR) is 64.6 cm³/mol. The summed E-state index contributed by atoms with van der Waals surface area (Å²) in [6.07, 6.45) is 0. The third-order valence-electron chi connectivity index (χ3n) is 2.04. The quantitative estimate of drug-likeness (QED) is 0.799. The minimum atomic E-state index is -0.0166. The molecule has 6 heteroatoms. The second kappa shape index (κ2) is 4.89. The Morgan fingerprint density at radius 1 is 1.41 bits per heavy atom. The molecule has 0 amide bonds. The maximum atomic E-state index is 11.2. The molecule has 88 valence electrons. The average Bonchev–Trinajstić information content (AvgIpc) is 2.67. The number of nitrogens with zero attached hydrogens (tertiary/aromatic N) is 2. The molecule has 4 nitrogen and oxygen atoms in total. The maximum absolute atomic E-state index is 11.2. The van der Waals surface area contributed by atoms with Crippen LogP contribution in [0.5, 0.6) is 0 Å². The largest absolute Gasteiger partial charge is 0.416 e. The molecule has 0 saturated carbocycles. The number of benzene rings is 1. The lowest BCUT2D eigenvalue weighted by Crippen LogP contribution is -1.91. The Balaban J connectivity index is 2.25. The fourth-order valence-corrected chi connectivity index (χ4v) is 2.24. The second-order valence-electron chi connectivity index (χ2n) is 3.39. The molecule has 0 unspecified atom stereocenters. The van der Waals surface area contributed by atoms with Gasteiger partial charge < -0.3 is 4.42 Å². The molecule has 1 heterocycles. The number of aryl methyl sites for hydroxylation is 1. The van der Waals surface area contributed by atoms with E-state index in [1.807, 2.05) is 0 Å². The van der Waals surface area contributed by atoms with Gasteiger partial charge in [-0.2, -0.15) is 0 Å². The van der Waals surface area contributed by atoms with Crippen LogP contribution in [0.2, 0.25) is 5.02 Å². The van der Waals surface area contributed by atoms with Crippen molar-refractivity contribution in [2.45, 2.75) is 24.0 Å². The van der Waals surface area contributed by atoms with Gasteiger partial charge in [0.25, 0.3) is 5.22 Å². The topological polar surface area (TPSA) is 56.0 Å². The molecule has 2 rings (SSSR count). The Morgan fingerprint density at radius 2 is 2.18 bits per heavy atom. The first kappa shape index (κ1) is 12.1. The van der Waals surface area contributed by atoms with Crippen LogP contribution in [0.3, 0.4) is 0 Å². The van der Waals surface area contributed by atoms with Crippen LogP contribution in [0, 0.1) is 6.92 Å². The van der Waals surface area contributed by atoms with Crippen molar-refractivity contribution < 1.29 is 9.21 Å². The van der Waals surface area contributed by atoms with Crippen LogP contribution in [-0.2, 0) is 0 Å². The molecule has 0 N–H and O–H groups in total. The van der Waals surface area contributed by atoms with Gasteiger partial charge in [-0.25, -0.2) is 0 Å². The lowest BCUT2D eigenvalue weighted by Gasteiger charge is -2.02. The number of carbonyl (C=O) groups excluding carboxylic acids is 1. The summed E-state index contributed by atoms with van der Waals surface area (Å²) < 4.78 is 5.24. The van der Waals surface area contributed by atoms with E-state index in [1.54, 1.807) is 25.1 Å². The third-order valence-corrected chi connectivity index (χ3v) is 3.38. The minimum absolute atomic E-state index is 0.0166. The van der Waals surface area contributed by atoms with Crippen molar-refractivity contribution in [1.29, 1.82) is 0 Å². The molecule has 0 bridgehead atoms. The van der Waals surface area contributed by atoms with E-state index in [-0.39, 0.29) is 5.78 Å². The van der Waals surface area contributed by atoms with Crippen molar-refractivity contribution in [1.82, 2.24) is 10.2 Å². The molecule has 1 aromatic carbocycles. The molecule has 0 aliphatic heterocycles. The summed E-state index contributed by atoms with van der Waals surface area (Å²) >= 11 is 7.34. The van der Waals surface area contributed by atoms with Gasteiger partial charge in [0, 0.05) is 17.4 Å². The lowest BCUT2D eigenvalue weighted by molar-refractivity contribution is 0.101. The molecule has 0 radical (unpaired) electrons. The van der Waals surface area contributed by atoms with Gasteiger partial charge in [0.05, 0.1) is 5.02 Å². The van der Waals surface area contributed by atoms with Crippen LogP contribution < -0.4 is 0 Å². The number of Topliss-reactive ketones (excluding diaryl/α,β-unsaturated/α-hetero) is 1. The van der Waals surface area contributed by atoms with E-state index >= 15 is 0 Å².